The summed E-state index contributed by atoms with van der Waals surface area (Å²) in [7, 11) is 0. The molecule has 1 N–H and O–H groups in total. The van der Waals surface area contributed by atoms with Crippen LogP contribution in [0, 0.1) is 24.6 Å². The number of halogens is 1. The van der Waals surface area contributed by atoms with E-state index in [-0.39, 0.29) is 5.82 Å². The molecule has 2 atom stereocenters. The van der Waals surface area contributed by atoms with Crippen molar-refractivity contribution >= 4 is 5.69 Å². The first-order valence-electron chi connectivity index (χ1n) is 7.82. The Hall–Kier alpha value is -1.09. The summed E-state index contributed by atoms with van der Waals surface area (Å²) < 4.78 is 13.7. The SMILES string of the molecule is Cc1ccc(F)cc1N1CC(C2CC2)NCC1C(C)C. The van der Waals surface area contributed by atoms with Crippen LogP contribution in [0.1, 0.15) is 32.3 Å². The Balaban J connectivity index is 1.89. The highest BCUT2D eigenvalue weighted by molar-refractivity contribution is 5.55. The maximum Gasteiger partial charge on any atom is 0.125 e. The minimum atomic E-state index is -0.130. The summed E-state index contributed by atoms with van der Waals surface area (Å²) >= 11 is 0. The lowest BCUT2D eigenvalue weighted by atomic mass is 9.95. The van der Waals surface area contributed by atoms with Gasteiger partial charge in [-0.15, -0.1) is 0 Å². The lowest BCUT2D eigenvalue weighted by Crippen LogP contribution is -2.59. The molecule has 0 radical (unpaired) electrons. The van der Waals surface area contributed by atoms with Crippen LogP contribution in [0.15, 0.2) is 18.2 Å². The topological polar surface area (TPSA) is 15.3 Å². The monoisotopic (exact) mass is 276 g/mol. The zero-order valence-electron chi connectivity index (χ0n) is 12.7. The van der Waals surface area contributed by atoms with Gasteiger partial charge in [0.2, 0.25) is 0 Å². The first-order chi connectivity index (χ1) is 9.56. The number of hydrogen-bond donors (Lipinski definition) is 1. The molecule has 0 bridgehead atoms. The second-order valence-corrected chi connectivity index (χ2v) is 6.75. The molecule has 1 saturated carbocycles. The number of nitrogens with one attached hydrogen (secondary N) is 1. The van der Waals surface area contributed by atoms with Crippen molar-refractivity contribution in [1.82, 2.24) is 5.32 Å². The van der Waals surface area contributed by atoms with Gasteiger partial charge >= 0.3 is 0 Å². The fraction of sp³-hybridized carbons (Fsp3) is 0.647. The van der Waals surface area contributed by atoms with E-state index in [2.05, 4.69) is 31.0 Å². The minimum Gasteiger partial charge on any atom is -0.365 e. The molecule has 0 aromatic heterocycles. The van der Waals surface area contributed by atoms with Gasteiger partial charge in [0.15, 0.2) is 0 Å². The second kappa shape index (κ2) is 5.36. The number of benzene rings is 1. The molecule has 1 heterocycles. The van der Waals surface area contributed by atoms with Crippen molar-refractivity contribution in [2.75, 3.05) is 18.0 Å². The van der Waals surface area contributed by atoms with Crippen molar-refractivity contribution in [3.8, 4) is 0 Å². The van der Waals surface area contributed by atoms with Crippen LogP contribution in [0.5, 0.6) is 0 Å². The van der Waals surface area contributed by atoms with Gasteiger partial charge in [-0.05, 0) is 49.3 Å². The van der Waals surface area contributed by atoms with Crippen molar-refractivity contribution in [2.24, 2.45) is 11.8 Å². The van der Waals surface area contributed by atoms with Crippen LogP contribution in [-0.2, 0) is 0 Å². The molecule has 2 nitrogen and oxygen atoms in total. The van der Waals surface area contributed by atoms with Crippen molar-refractivity contribution in [3.05, 3.63) is 29.6 Å². The van der Waals surface area contributed by atoms with E-state index in [9.17, 15) is 4.39 Å². The van der Waals surface area contributed by atoms with Gasteiger partial charge in [-0.3, -0.25) is 0 Å². The zero-order chi connectivity index (χ0) is 14.3. The van der Waals surface area contributed by atoms with Crippen LogP contribution in [0.2, 0.25) is 0 Å². The summed E-state index contributed by atoms with van der Waals surface area (Å²) in [4.78, 5) is 2.45. The van der Waals surface area contributed by atoms with Crippen LogP contribution in [0.3, 0.4) is 0 Å². The summed E-state index contributed by atoms with van der Waals surface area (Å²) in [5.41, 5.74) is 2.25. The fourth-order valence-electron chi connectivity index (χ4n) is 3.37. The van der Waals surface area contributed by atoms with E-state index in [1.54, 1.807) is 12.1 Å². The third kappa shape index (κ3) is 2.69. The predicted molar refractivity (Wildman–Crippen MR) is 81.6 cm³/mol. The van der Waals surface area contributed by atoms with Crippen LogP contribution in [-0.4, -0.2) is 25.2 Å². The number of piperazine rings is 1. The third-order valence-corrected chi connectivity index (χ3v) is 4.82. The first-order valence-corrected chi connectivity index (χ1v) is 7.82. The van der Waals surface area contributed by atoms with E-state index in [1.165, 1.54) is 18.4 Å². The molecule has 3 heteroatoms. The molecule has 0 amide bonds. The number of rotatable bonds is 3. The van der Waals surface area contributed by atoms with E-state index in [4.69, 9.17) is 0 Å². The standard InChI is InChI=1S/C17H25FN2/c1-11(2)17-9-19-15(13-5-6-13)10-20(17)16-8-14(18)7-4-12(16)3/h4,7-8,11,13,15,17,19H,5-6,9-10H2,1-3H3. The summed E-state index contributed by atoms with van der Waals surface area (Å²) in [6, 6.07) is 6.19. The highest BCUT2D eigenvalue weighted by Crippen LogP contribution is 2.36. The normalized spacial score (nSPS) is 27.1. The Morgan fingerprint density at radius 1 is 1.30 bits per heavy atom. The van der Waals surface area contributed by atoms with Crippen LogP contribution < -0.4 is 10.2 Å². The smallest absolute Gasteiger partial charge is 0.125 e. The van der Waals surface area contributed by atoms with Gasteiger partial charge in [0.1, 0.15) is 5.82 Å². The van der Waals surface area contributed by atoms with Gasteiger partial charge in [0.25, 0.3) is 0 Å². The van der Waals surface area contributed by atoms with Crippen molar-refractivity contribution < 1.29 is 4.39 Å². The van der Waals surface area contributed by atoms with E-state index >= 15 is 0 Å². The maximum atomic E-state index is 13.7. The Labute approximate surface area is 121 Å². The van der Waals surface area contributed by atoms with Gasteiger partial charge < -0.3 is 10.2 Å². The molecular weight excluding hydrogens is 251 g/mol. The second-order valence-electron chi connectivity index (χ2n) is 6.75. The maximum absolute atomic E-state index is 13.7. The molecule has 2 aliphatic rings. The fourth-order valence-corrected chi connectivity index (χ4v) is 3.37. The molecule has 1 aliphatic heterocycles. The van der Waals surface area contributed by atoms with Gasteiger partial charge in [-0.25, -0.2) is 4.39 Å². The lowest BCUT2D eigenvalue weighted by molar-refractivity contribution is 0.319. The molecule has 1 aromatic rings. The average molecular weight is 276 g/mol. The molecule has 1 aromatic carbocycles. The average Bonchev–Trinajstić information content (AvgIpc) is 3.25. The molecular formula is C17H25FN2. The summed E-state index contributed by atoms with van der Waals surface area (Å²) in [6.45, 7) is 8.61. The van der Waals surface area contributed by atoms with Crippen molar-refractivity contribution in [3.63, 3.8) is 0 Å². The summed E-state index contributed by atoms with van der Waals surface area (Å²) in [6.07, 6.45) is 2.69. The third-order valence-electron chi connectivity index (χ3n) is 4.82. The van der Waals surface area contributed by atoms with Crippen molar-refractivity contribution in [2.45, 2.75) is 45.7 Å². The minimum absolute atomic E-state index is 0.130. The molecule has 1 saturated heterocycles. The number of nitrogens with zero attached hydrogens (tertiary/aromatic N) is 1. The first kappa shape index (κ1) is 13.9. The van der Waals surface area contributed by atoms with E-state index in [0.717, 1.165) is 24.7 Å². The van der Waals surface area contributed by atoms with Gasteiger partial charge in [0.05, 0.1) is 0 Å². The molecule has 2 fully saturated rings. The Morgan fingerprint density at radius 3 is 2.70 bits per heavy atom. The van der Waals surface area contributed by atoms with Crippen molar-refractivity contribution in [1.29, 1.82) is 0 Å². The molecule has 110 valence electrons. The molecule has 20 heavy (non-hydrogen) atoms. The molecule has 2 unspecified atom stereocenters. The predicted octanol–water partition coefficient (Wildman–Crippen LogP) is 3.35. The molecule has 1 aliphatic carbocycles. The number of hydrogen-bond acceptors (Lipinski definition) is 2. The highest BCUT2D eigenvalue weighted by atomic mass is 19.1. The Kier molecular flexibility index (Phi) is 3.72. The van der Waals surface area contributed by atoms with Gasteiger partial charge in [-0.1, -0.05) is 19.9 Å². The highest BCUT2D eigenvalue weighted by Gasteiger charge is 2.38. The van der Waals surface area contributed by atoms with Gasteiger partial charge in [-0.2, -0.15) is 0 Å². The van der Waals surface area contributed by atoms with E-state index in [1.807, 2.05) is 6.07 Å². The van der Waals surface area contributed by atoms with Crippen LogP contribution in [0.25, 0.3) is 0 Å². The van der Waals surface area contributed by atoms with E-state index < -0.39 is 0 Å². The Morgan fingerprint density at radius 2 is 2.05 bits per heavy atom. The zero-order valence-corrected chi connectivity index (χ0v) is 12.7. The van der Waals surface area contributed by atoms with Crippen LogP contribution in [0.4, 0.5) is 10.1 Å². The lowest BCUT2D eigenvalue weighted by Gasteiger charge is -2.44. The summed E-state index contributed by atoms with van der Waals surface area (Å²) in [5.74, 6) is 1.26. The Bertz CT molecular complexity index is 482. The molecule has 0 spiro atoms. The number of aryl methyl sites for hydroxylation is 1. The van der Waals surface area contributed by atoms with Crippen LogP contribution >= 0.6 is 0 Å². The largest absolute Gasteiger partial charge is 0.365 e. The number of anilines is 1. The summed E-state index contributed by atoms with van der Waals surface area (Å²) in [5, 5.41) is 3.71. The van der Waals surface area contributed by atoms with E-state index in [0.29, 0.717) is 18.0 Å². The molecule has 3 rings (SSSR count). The van der Waals surface area contributed by atoms with Gasteiger partial charge in [0, 0.05) is 30.9 Å². The quantitative estimate of drug-likeness (QED) is 0.911.